The summed E-state index contributed by atoms with van der Waals surface area (Å²) in [6.45, 7) is 0.764. The number of aromatic amines is 1. The van der Waals surface area contributed by atoms with E-state index < -0.39 is 0 Å². The molecule has 0 amide bonds. The Morgan fingerprint density at radius 3 is 2.81 bits per heavy atom. The van der Waals surface area contributed by atoms with Gasteiger partial charge in [-0.1, -0.05) is 12.5 Å². The van der Waals surface area contributed by atoms with E-state index >= 15 is 0 Å². The van der Waals surface area contributed by atoms with E-state index in [2.05, 4.69) is 39.1 Å². The van der Waals surface area contributed by atoms with Crippen molar-refractivity contribution in [2.75, 3.05) is 6.54 Å². The summed E-state index contributed by atoms with van der Waals surface area (Å²) in [6.07, 6.45) is 5.77. The Hall–Kier alpha value is -0.800. The van der Waals surface area contributed by atoms with Crippen LogP contribution >= 0.6 is 15.9 Å². The Labute approximate surface area is 103 Å². The van der Waals surface area contributed by atoms with Gasteiger partial charge in [0, 0.05) is 33.5 Å². The van der Waals surface area contributed by atoms with E-state index in [0.717, 1.165) is 11.0 Å². The van der Waals surface area contributed by atoms with Crippen molar-refractivity contribution in [1.29, 1.82) is 0 Å². The fourth-order valence-corrected chi connectivity index (χ4v) is 3.07. The van der Waals surface area contributed by atoms with Gasteiger partial charge < -0.3 is 10.7 Å². The number of halogens is 1. The SMILES string of the molecule is NCC1(c2ccc3[nH]cc(Br)c3c2)CCC1. The first kappa shape index (κ1) is 10.4. The standard InChI is InChI=1S/C13H15BrN2/c14-11-7-16-12-3-2-9(6-10(11)12)13(8-15)4-1-5-13/h2-3,6-7,16H,1,4-5,8,15H2. The average molecular weight is 279 g/mol. The summed E-state index contributed by atoms with van der Waals surface area (Å²) in [4.78, 5) is 3.24. The van der Waals surface area contributed by atoms with Crippen molar-refractivity contribution in [2.24, 2.45) is 5.73 Å². The molecular weight excluding hydrogens is 264 g/mol. The largest absolute Gasteiger partial charge is 0.360 e. The predicted octanol–water partition coefficient (Wildman–Crippen LogP) is 3.31. The minimum atomic E-state index is 0.255. The summed E-state index contributed by atoms with van der Waals surface area (Å²) in [5.41, 5.74) is 8.77. The quantitative estimate of drug-likeness (QED) is 0.870. The van der Waals surface area contributed by atoms with Crippen LogP contribution in [0.4, 0.5) is 0 Å². The monoisotopic (exact) mass is 278 g/mol. The smallest absolute Gasteiger partial charge is 0.0465 e. The van der Waals surface area contributed by atoms with Gasteiger partial charge in [0.25, 0.3) is 0 Å². The normalized spacial score (nSPS) is 18.6. The molecule has 16 heavy (non-hydrogen) atoms. The van der Waals surface area contributed by atoms with Crippen molar-refractivity contribution in [3.05, 3.63) is 34.4 Å². The van der Waals surface area contributed by atoms with Crippen LogP contribution in [0.5, 0.6) is 0 Å². The number of aromatic nitrogens is 1. The first-order valence-corrected chi connectivity index (χ1v) is 6.52. The summed E-state index contributed by atoms with van der Waals surface area (Å²) in [5.74, 6) is 0. The molecule has 3 rings (SSSR count). The number of nitrogens with one attached hydrogen (secondary N) is 1. The van der Waals surface area contributed by atoms with Crippen molar-refractivity contribution in [3.8, 4) is 0 Å². The molecule has 0 aliphatic heterocycles. The zero-order valence-corrected chi connectivity index (χ0v) is 10.7. The van der Waals surface area contributed by atoms with Crippen LogP contribution in [0, 0.1) is 0 Å². The maximum atomic E-state index is 5.94. The zero-order valence-electron chi connectivity index (χ0n) is 9.09. The number of hydrogen-bond acceptors (Lipinski definition) is 1. The fraction of sp³-hybridized carbons (Fsp3) is 0.385. The van der Waals surface area contributed by atoms with E-state index in [1.807, 2.05) is 6.20 Å². The highest BCUT2D eigenvalue weighted by atomic mass is 79.9. The number of fused-ring (bicyclic) bond motifs is 1. The molecule has 0 atom stereocenters. The second-order valence-corrected chi connectivity index (χ2v) is 5.59. The maximum Gasteiger partial charge on any atom is 0.0465 e. The van der Waals surface area contributed by atoms with Crippen LogP contribution in [0.3, 0.4) is 0 Å². The molecule has 1 aliphatic carbocycles. The van der Waals surface area contributed by atoms with E-state index in [1.165, 1.54) is 35.7 Å². The molecular formula is C13H15BrN2. The fourth-order valence-electron chi connectivity index (χ4n) is 2.63. The van der Waals surface area contributed by atoms with Crippen LogP contribution in [0.1, 0.15) is 24.8 Å². The topological polar surface area (TPSA) is 41.8 Å². The van der Waals surface area contributed by atoms with Gasteiger partial charge in [0.1, 0.15) is 0 Å². The van der Waals surface area contributed by atoms with Crippen LogP contribution in [-0.2, 0) is 5.41 Å². The number of nitrogens with two attached hydrogens (primary N) is 1. The number of rotatable bonds is 2. The molecule has 0 radical (unpaired) electrons. The van der Waals surface area contributed by atoms with Crippen LogP contribution < -0.4 is 5.73 Å². The van der Waals surface area contributed by atoms with Crippen LogP contribution in [0.2, 0.25) is 0 Å². The molecule has 3 heteroatoms. The van der Waals surface area contributed by atoms with Gasteiger partial charge in [0.2, 0.25) is 0 Å². The van der Waals surface area contributed by atoms with Gasteiger partial charge in [-0.2, -0.15) is 0 Å². The van der Waals surface area contributed by atoms with Gasteiger partial charge >= 0.3 is 0 Å². The first-order chi connectivity index (χ1) is 7.75. The molecule has 84 valence electrons. The molecule has 1 fully saturated rings. The highest BCUT2D eigenvalue weighted by molar-refractivity contribution is 9.10. The highest BCUT2D eigenvalue weighted by Gasteiger charge is 2.37. The molecule has 0 bridgehead atoms. The first-order valence-electron chi connectivity index (χ1n) is 5.72. The molecule has 1 aromatic heterocycles. The van der Waals surface area contributed by atoms with E-state index in [-0.39, 0.29) is 5.41 Å². The lowest BCUT2D eigenvalue weighted by molar-refractivity contribution is 0.253. The van der Waals surface area contributed by atoms with Gasteiger partial charge in [-0.05, 0) is 46.5 Å². The van der Waals surface area contributed by atoms with Crippen molar-refractivity contribution < 1.29 is 0 Å². The summed E-state index contributed by atoms with van der Waals surface area (Å²) >= 11 is 3.57. The van der Waals surface area contributed by atoms with Crippen molar-refractivity contribution in [2.45, 2.75) is 24.7 Å². The van der Waals surface area contributed by atoms with Gasteiger partial charge in [0.15, 0.2) is 0 Å². The van der Waals surface area contributed by atoms with Crippen LogP contribution in [0.15, 0.2) is 28.9 Å². The Bertz CT molecular complexity index is 520. The molecule has 0 unspecified atom stereocenters. The summed E-state index contributed by atoms with van der Waals surface area (Å²) in [6, 6.07) is 6.66. The third-order valence-electron chi connectivity index (χ3n) is 3.95. The molecule has 3 N–H and O–H groups in total. The molecule has 0 saturated heterocycles. The van der Waals surface area contributed by atoms with E-state index in [4.69, 9.17) is 5.73 Å². The Kier molecular flexibility index (Phi) is 2.33. The lowest BCUT2D eigenvalue weighted by Gasteiger charge is -2.41. The lowest BCUT2D eigenvalue weighted by Crippen LogP contribution is -2.41. The number of H-pyrrole nitrogens is 1. The molecule has 1 saturated carbocycles. The van der Waals surface area contributed by atoms with Gasteiger partial charge in [-0.25, -0.2) is 0 Å². The zero-order chi connectivity index (χ0) is 11.2. The average Bonchev–Trinajstić information content (AvgIpc) is 2.60. The molecule has 0 spiro atoms. The van der Waals surface area contributed by atoms with Crippen LogP contribution in [-0.4, -0.2) is 11.5 Å². The van der Waals surface area contributed by atoms with Crippen molar-refractivity contribution >= 4 is 26.8 Å². The van der Waals surface area contributed by atoms with Gasteiger partial charge in [-0.15, -0.1) is 0 Å². The maximum absolute atomic E-state index is 5.94. The van der Waals surface area contributed by atoms with Crippen molar-refractivity contribution in [3.63, 3.8) is 0 Å². The minimum Gasteiger partial charge on any atom is -0.360 e. The predicted molar refractivity (Wildman–Crippen MR) is 70.6 cm³/mol. The summed E-state index contributed by atoms with van der Waals surface area (Å²) < 4.78 is 1.14. The minimum absolute atomic E-state index is 0.255. The third-order valence-corrected chi connectivity index (χ3v) is 4.60. The Balaban J connectivity index is 2.13. The van der Waals surface area contributed by atoms with E-state index in [1.54, 1.807) is 0 Å². The summed E-state index contributed by atoms with van der Waals surface area (Å²) in [5, 5.41) is 1.26. The van der Waals surface area contributed by atoms with E-state index in [9.17, 15) is 0 Å². The summed E-state index contributed by atoms with van der Waals surface area (Å²) in [7, 11) is 0. The highest BCUT2D eigenvalue weighted by Crippen LogP contribution is 2.43. The molecule has 1 heterocycles. The molecule has 2 nitrogen and oxygen atoms in total. The van der Waals surface area contributed by atoms with E-state index in [0.29, 0.717) is 0 Å². The second kappa shape index (κ2) is 3.60. The number of hydrogen-bond donors (Lipinski definition) is 2. The molecule has 1 aromatic carbocycles. The lowest BCUT2D eigenvalue weighted by atomic mass is 9.64. The molecule has 1 aliphatic rings. The van der Waals surface area contributed by atoms with Crippen LogP contribution in [0.25, 0.3) is 10.9 Å². The second-order valence-electron chi connectivity index (χ2n) is 4.73. The van der Waals surface area contributed by atoms with Gasteiger partial charge in [-0.3, -0.25) is 0 Å². The number of benzene rings is 1. The third kappa shape index (κ3) is 1.35. The Morgan fingerprint density at radius 1 is 1.38 bits per heavy atom. The molecule has 2 aromatic rings. The van der Waals surface area contributed by atoms with Gasteiger partial charge in [0.05, 0.1) is 0 Å². The van der Waals surface area contributed by atoms with Crippen molar-refractivity contribution in [1.82, 2.24) is 4.98 Å². The Morgan fingerprint density at radius 2 is 2.19 bits per heavy atom.